The van der Waals surface area contributed by atoms with Crippen molar-refractivity contribution in [2.45, 2.75) is 13.0 Å². The van der Waals surface area contributed by atoms with Crippen LogP contribution in [0.1, 0.15) is 11.1 Å². The Hall–Kier alpha value is -1.61. The van der Waals surface area contributed by atoms with Gasteiger partial charge in [-0.25, -0.2) is 0 Å². The summed E-state index contributed by atoms with van der Waals surface area (Å²) in [6.45, 7) is 2.06. The van der Waals surface area contributed by atoms with E-state index in [2.05, 4.69) is 34.8 Å². The van der Waals surface area contributed by atoms with Crippen molar-refractivity contribution in [1.82, 2.24) is 15.1 Å². The molecular formula is C13H15N3. The Kier molecular flexibility index (Phi) is 2.26. The van der Waals surface area contributed by atoms with Gasteiger partial charge in [-0.15, -0.1) is 0 Å². The van der Waals surface area contributed by atoms with Crippen molar-refractivity contribution in [2.75, 3.05) is 6.54 Å². The third-order valence-electron chi connectivity index (χ3n) is 3.16. The van der Waals surface area contributed by atoms with Crippen LogP contribution in [0.4, 0.5) is 0 Å². The molecule has 3 heteroatoms. The van der Waals surface area contributed by atoms with Gasteiger partial charge in [-0.3, -0.25) is 4.68 Å². The number of benzene rings is 1. The van der Waals surface area contributed by atoms with Crippen LogP contribution < -0.4 is 5.32 Å². The van der Waals surface area contributed by atoms with Gasteiger partial charge in [0.2, 0.25) is 0 Å². The maximum Gasteiger partial charge on any atom is 0.0568 e. The summed E-state index contributed by atoms with van der Waals surface area (Å²) >= 11 is 0. The van der Waals surface area contributed by atoms with Crippen molar-refractivity contribution in [3.63, 3.8) is 0 Å². The molecule has 1 N–H and O–H groups in total. The van der Waals surface area contributed by atoms with Crippen molar-refractivity contribution in [1.29, 1.82) is 0 Å². The van der Waals surface area contributed by atoms with Crippen LogP contribution in [0.3, 0.4) is 0 Å². The first kappa shape index (κ1) is 9.60. The molecule has 1 aliphatic rings. The molecule has 1 aliphatic heterocycles. The molecule has 0 amide bonds. The molecule has 0 radical (unpaired) electrons. The van der Waals surface area contributed by atoms with E-state index >= 15 is 0 Å². The maximum atomic E-state index is 4.24. The van der Waals surface area contributed by atoms with Crippen LogP contribution in [0.2, 0.25) is 0 Å². The van der Waals surface area contributed by atoms with Gasteiger partial charge in [0.05, 0.1) is 6.20 Å². The molecule has 0 unspecified atom stereocenters. The summed E-state index contributed by atoms with van der Waals surface area (Å²) in [5.74, 6) is 0. The molecule has 0 bridgehead atoms. The lowest BCUT2D eigenvalue weighted by Gasteiger charge is -2.19. The Morgan fingerprint density at radius 2 is 2.31 bits per heavy atom. The number of rotatable bonds is 1. The van der Waals surface area contributed by atoms with Crippen LogP contribution in [0, 0.1) is 0 Å². The first-order chi connectivity index (χ1) is 7.84. The first-order valence-electron chi connectivity index (χ1n) is 5.65. The standard InChI is InChI=1S/C13H15N3/c1-16-9-11(7-15-16)12-4-2-3-10-5-6-14-8-13(10)12/h2-4,7,9,14H,5-6,8H2,1H3. The van der Waals surface area contributed by atoms with E-state index in [-0.39, 0.29) is 0 Å². The SMILES string of the molecule is Cn1cc(-c2cccc3c2CNCC3)cn1. The highest BCUT2D eigenvalue weighted by Crippen LogP contribution is 2.27. The average Bonchev–Trinajstić information content (AvgIpc) is 2.75. The molecule has 16 heavy (non-hydrogen) atoms. The molecule has 0 saturated heterocycles. The number of aryl methyl sites for hydroxylation is 1. The fourth-order valence-corrected chi connectivity index (χ4v) is 2.34. The van der Waals surface area contributed by atoms with E-state index in [0.717, 1.165) is 19.5 Å². The largest absolute Gasteiger partial charge is 0.312 e. The second kappa shape index (κ2) is 3.76. The summed E-state index contributed by atoms with van der Waals surface area (Å²) in [7, 11) is 1.96. The zero-order valence-corrected chi connectivity index (χ0v) is 9.40. The fraction of sp³-hybridized carbons (Fsp3) is 0.308. The van der Waals surface area contributed by atoms with Gasteiger partial charge in [-0.1, -0.05) is 18.2 Å². The quantitative estimate of drug-likeness (QED) is 0.782. The highest BCUT2D eigenvalue weighted by molar-refractivity contribution is 5.67. The van der Waals surface area contributed by atoms with Gasteiger partial charge in [-0.2, -0.15) is 5.10 Å². The number of hydrogen-bond donors (Lipinski definition) is 1. The summed E-state index contributed by atoms with van der Waals surface area (Å²) in [6.07, 6.45) is 5.14. The summed E-state index contributed by atoms with van der Waals surface area (Å²) in [4.78, 5) is 0. The Labute approximate surface area is 95.1 Å². The van der Waals surface area contributed by atoms with Crippen molar-refractivity contribution in [3.8, 4) is 11.1 Å². The first-order valence-corrected chi connectivity index (χ1v) is 5.65. The van der Waals surface area contributed by atoms with Crippen LogP contribution in [-0.4, -0.2) is 16.3 Å². The molecule has 1 aromatic carbocycles. The molecule has 0 atom stereocenters. The minimum atomic E-state index is 0.973. The highest BCUT2D eigenvalue weighted by Gasteiger charge is 2.13. The third kappa shape index (κ3) is 1.53. The average molecular weight is 213 g/mol. The molecule has 0 aliphatic carbocycles. The minimum Gasteiger partial charge on any atom is -0.312 e. The fourth-order valence-electron chi connectivity index (χ4n) is 2.34. The Morgan fingerprint density at radius 3 is 3.12 bits per heavy atom. The number of nitrogens with zero attached hydrogens (tertiary/aromatic N) is 2. The molecule has 1 aromatic heterocycles. The van der Waals surface area contributed by atoms with E-state index < -0.39 is 0 Å². The zero-order chi connectivity index (χ0) is 11.0. The summed E-state index contributed by atoms with van der Waals surface area (Å²) in [6, 6.07) is 6.56. The lowest BCUT2D eigenvalue weighted by molar-refractivity contribution is 0.645. The number of aromatic nitrogens is 2. The molecule has 0 saturated carbocycles. The number of nitrogens with one attached hydrogen (secondary N) is 1. The van der Waals surface area contributed by atoms with Gasteiger partial charge >= 0.3 is 0 Å². The van der Waals surface area contributed by atoms with Gasteiger partial charge in [0.25, 0.3) is 0 Å². The molecule has 0 spiro atoms. The van der Waals surface area contributed by atoms with E-state index in [1.54, 1.807) is 0 Å². The van der Waals surface area contributed by atoms with Crippen LogP contribution >= 0.6 is 0 Å². The van der Waals surface area contributed by atoms with Gasteiger partial charge < -0.3 is 5.32 Å². The van der Waals surface area contributed by atoms with E-state index in [9.17, 15) is 0 Å². The van der Waals surface area contributed by atoms with Gasteiger partial charge in [0.15, 0.2) is 0 Å². The topological polar surface area (TPSA) is 29.9 Å². The van der Waals surface area contributed by atoms with E-state index in [1.807, 2.05) is 17.9 Å². The smallest absolute Gasteiger partial charge is 0.0568 e. The van der Waals surface area contributed by atoms with Gasteiger partial charge in [-0.05, 0) is 29.7 Å². The van der Waals surface area contributed by atoms with Crippen LogP contribution in [0.5, 0.6) is 0 Å². The van der Waals surface area contributed by atoms with Crippen LogP contribution in [0.15, 0.2) is 30.6 Å². The summed E-state index contributed by atoms with van der Waals surface area (Å²) in [5, 5.41) is 7.67. The van der Waals surface area contributed by atoms with E-state index in [1.165, 1.54) is 22.3 Å². The summed E-state index contributed by atoms with van der Waals surface area (Å²) < 4.78 is 1.85. The second-order valence-corrected chi connectivity index (χ2v) is 4.27. The predicted octanol–water partition coefficient (Wildman–Crippen LogP) is 1.73. The van der Waals surface area contributed by atoms with E-state index in [4.69, 9.17) is 0 Å². The molecule has 3 nitrogen and oxygen atoms in total. The third-order valence-corrected chi connectivity index (χ3v) is 3.16. The van der Waals surface area contributed by atoms with Crippen molar-refractivity contribution in [3.05, 3.63) is 41.7 Å². The highest BCUT2D eigenvalue weighted by atomic mass is 15.2. The second-order valence-electron chi connectivity index (χ2n) is 4.27. The molecule has 82 valence electrons. The lowest BCUT2D eigenvalue weighted by Crippen LogP contribution is -2.24. The van der Waals surface area contributed by atoms with Gasteiger partial charge in [0, 0.05) is 25.4 Å². The maximum absolute atomic E-state index is 4.24. The van der Waals surface area contributed by atoms with Crippen molar-refractivity contribution >= 4 is 0 Å². The van der Waals surface area contributed by atoms with Crippen molar-refractivity contribution in [2.24, 2.45) is 7.05 Å². The van der Waals surface area contributed by atoms with Crippen LogP contribution in [0.25, 0.3) is 11.1 Å². The summed E-state index contributed by atoms with van der Waals surface area (Å²) in [5.41, 5.74) is 5.43. The Morgan fingerprint density at radius 1 is 1.38 bits per heavy atom. The Bertz CT molecular complexity index is 514. The van der Waals surface area contributed by atoms with E-state index in [0.29, 0.717) is 0 Å². The minimum absolute atomic E-state index is 0.973. The molecule has 2 aromatic rings. The molecule has 3 rings (SSSR count). The zero-order valence-electron chi connectivity index (χ0n) is 9.40. The molecule has 0 fully saturated rings. The molecular weight excluding hydrogens is 198 g/mol. The predicted molar refractivity (Wildman–Crippen MR) is 64.1 cm³/mol. The lowest BCUT2D eigenvalue weighted by atomic mass is 9.93. The van der Waals surface area contributed by atoms with Crippen LogP contribution in [-0.2, 0) is 20.0 Å². The van der Waals surface area contributed by atoms with Gasteiger partial charge in [0.1, 0.15) is 0 Å². The molecule has 2 heterocycles. The normalized spacial score (nSPS) is 14.8. The number of hydrogen-bond acceptors (Lipinski definition) is 2. The number of fused-ring (bicyclic) bond motifs is 1. The Balaban J connectivity index is 2.13. The van der Waals surface area contributed by atoms with Crippen molar-refractivity contribution < 1.29 is 0 Å². The monoisotopic (exact) mass is 213 g/mol.